The zero-order valence-corrected chi connectivity index (χ0v) is 13.0. The first-order valence-electron chi connectivity index (χ1n) is 6.57. The van der Waals surface area contributed by atoms with Gasteiger partial charge in [-0.3, -0.25) is 4.68 Å². The van der Waals surface area contributed by atoms with Gasteiger partial charge in [0.2, 0.25) is 0 Å². The van der Waals surface area contributed by atoms with Crippen LogP contribution in [0.3, 0.4) is 0 Å². The lowest BCUT2D eigenvalue weighted by Crippen LogP contribution is -2.31. The number of nitrogens with one attached hydrogen (secondary N) is 1. The highest BCUT2D eigenvalue weighted by Gasteiger charge is 2.16. The summed E-state index contributed by atoms with van der Waals surface area (Å²) in [4.78, 5) is 0. The molecule has 1 atom stereocenters. The number of hydrogen-bond acceptors (Lipinski definition) is 2. The van der Waals surface area contributed by atoms with Crippen molar-refractivity contribution in [2.45, 2.75) is 52.5 Å². The minimum Gasteiger partial charge on any atom is -0.314 e. The smallest absolute Gasteiger partial charge is 0.0766 e. The minimum absolute atomic E-state index is 0.557. The quantitative estimate of drug-likeness (QED) is 0.839. The first-order chi connectivity index (χ1) is 8.13. The molecule has 0 fully saturated rings. The van der Waals surface area contributed by atoms with Crippen LogP contribution in [0.1, 0.15) is 45.0 Å². The molecule has 0 amide bonds. The average molecular weight is 302 g/mol. The largest absolute Gasteiger partial charge is 0.314 e. The lowest BCUT2D eigenvalue weighted by Gasteiger charge is -2.17. The molecule has 0 saturated carbocycles. The molecule has 1 unspecified atom stereocenters. The van der Waals surface area contributed by atoms with Crippen LogP contribution in [0.5, 0.6) is 0 Å². The molecule has 0 saturated heterocycles. The van der Waals surface area contributed by atoms with Gasteiger partial charge < -0.3 is 5.32 Å². The zero-order valence-electron chi connectivity index (χ0n) is 11.4. The van der Waals surface area contributed by atoms with Gasteiger partial charge in [-0.15, -0.1) is 0 Å². The second-order valence-corrected chi connectivity index (χ2v) is 5.22. The minimum atomic E-state index is 0.557. The Morgan fingerprint density at radius 3 is 2.53 bits per heavy atom. The van der Waals surface area contributed by atoms with Crippen molar-refractivity contribution in [1.29, 1.82) is 0 Å². The summed E-state index contributed by atoms with van der Waals surface area (Å²) < 4.78 is 3.21. The lowest BCUT2D eigenvalue weighted by atomic mass is 10.1. The Kier molecular flexibility index (Phi) is 6.20. The van der Waals surface area contributed by atoms with Crippen LogP contribution in [0, 0.1) is 0 Å². The summed E-state index contributed by atoms with van der Waals surface area (Å²) in [5.74, 6) is 0. The van der Waals surface area contributed by atoms with E-state index in [4.69, 9.17) is 0 Å². The molecule has 1 aromatic heterocycles. The molecule has 0 bridgehead atoms. The average Bonchev–Trinajstić information content (AvgIpc) is 2.57. The number of aromatic nitrogens is 2. The first-order valence-corrected chi connectivity index (χ1v) is 7.36. The molecule has 98 valence electrons. The molecule has 3 nitrogen and oxygen atoms in total. The fraction of sp³-hybridized carbons (Fsp3) is 0.769. The highest BCUT2D eigenvalue weighted by atomic mass is 79.9. The van der Waals surface area contributed by atoms with Gasteiger partial charge in [-0.05, 0) is 35.3 Å². The van der Waals surface area contributed by atoms with Gasteiger partial charge in [-0.2, -0.15) is 5.10 Å². The van der Waals surface area contributed by atoms with Gasteiger partial charge in [0.25, 0.3) is 0 Å². The molecule has 1 N–H and O–H groups in total. The van der Waals surface area contributed by atoms with E-state index in [1.165, 1.54) is 23.0 Å². The van der Waals surface area contributed by atoms with E-state index in [1.807, 2.05) is 11.7 Å². The van der Waals surface area contributed by atoms with Crippen LogP contribution in [0.4, 0.5) is 0 Å². The molecule has 0 radical (unpaired) electrons. The number of aryl methyl sites for hydroxylation is 2. The van der Waals surface area contributed by atoms with E-state index in [-0.39, 0.29) is 0 Å². The van der Waals surface area contributed by atoms with E-state index in [1.54, 1.807) is 0 Å². The molecular weight excluding hydrogens is 278 g/mol. The van der Waals surface area contributed by atoms with Crippen LogP contribution in [0.25, 0.3) is 0 Å². The first kappa shape index (κ1) is 14.7. The lowest BCUT2D eigenvalue weighted by molar-refractivity contribution is 0.472. The normalized spacial score (nSPS) is 13.0. The molecule has 1 heterocycles. The van der Waals surface area contributed by atoms with Gasteiger partial charge >= 0.3 is 0 Å². The van der Waals surface area contributed by atoms with Crippen LogP contribution in [0.15, 0.2) is 4.47 Å². The van der Waals surface area contributed by atoms with Crippen molar-refractivity contribution in [2.75, 3.05) is 6.54 Å². The number of hydrogen-bond donors (Lipinski definition) is 1. The second kappa shape index (κ2) is 7.17. The summed E-state index contributed by atoms with van der Waals surface area (Å²) in [6.45, 7) is 7.57. The molecule has 0 aliphatic carbocycles. The topological polar surface area (TPSA) is 29.9 Å². The van der Waals surface area contributed by atoms with Gasteiger partial charge in [0.15, 0.2) is 0 Å². The van der Waals surface area contributed by atoms with Crippen molar-refractivity contribution >= 4 is 15.9 Å². The standard InChI is InChI=1S/C13H24BrN3/c1-5-8-10(15-7-3)9-12-13(14)11(6-2)16-17(12)4/h10,15H,5-9H2,1-4H3. The van der Waals surface area contributed by atoms with Crippen LogP contribution >= 0.6 is 15.9 Å². The van der Waals surface area contributed by atoms with Gasteiger partial charge in [0, 0.05) is 19.5 Å². The van der Waals surface area contributed by atoms with E-state index >= 15 is 0 Å². The summed E-state index contributed by atoms with van der Waals surface area (Å²) >= 11 is 3.68. The molecule has 1 rings (SSSR count). The summed E-state index contributed by atoms with van der Waals surface area (Å²) in [5, 5.41) is 8.10. The Labute approximate surface area is 113 Å². The number of halogens is 1. The third-order valence-corrected chi connectivity index (χ3v) is 3.99. The van der Waals surface area contributed by atoms with E-state index < -0.39 is 0 Å². The van der Waals surface area contributed by atoms with Crippen LogP contribution in [0.2, 0.25) is 0 Å². The Bertz CT molecular complexity index is 341. The molecule has 17 heavy (non-hydrogen) atoms. The van der Waals surface area contributed by atoms with Gasteiger partial charge in [-0.1, -0.05) is 27.2 Å². The molecular formula is C13H24BrN3. The number of nitrogens with zero attached hydrogens (tertiary/aromatic N) is 2. The van der Waals surface area contributed by atoms with Crippen molar-refractivity contribution in [2.24, 2.45) is 7.05 Å². The van der Waals surface area contributed by atoms with Crippen molar-refractivity contribution in [3.05, 3.63) is 15.9 Å². The van der Waals surface area contributed by atoms with E-state index in [9.17, 15) is 0 Å². The Hall–Kier alpha value is -0.350. The fourth-order valence-electron chi connectivity index (χ4n) is 2.19. The second-order valence-electron chi connectivity index (χ2n) is 4.43. The van der Waals surface area contributed by atoms with Gasteiger partial charge in [0.05, 0.1) is 15.9 Å². The Morgan fingerprint density at radius 2 is 2.06 bits per heavy atom. The monoisotopic (exact) mass is 301 g/mol. The van der Waals surface area contributed by atoms with Crippen molar-refractivity contribution in [1.82, 2.24) is 15.1 Å². The molecule has 0 aliphatic rings. The third kappa shape index (κ3) is 3.81. The molecule has 0 aromatic carbocycles. The molecule has 4 heteroatoms. The van der Waals surface area contributed by atoms with Crippen molar-refractivity contribution in [3.63, 3.8) is 0 Å². The SMILES string of the molecule is CCCC(Cc1c(Br)c(CC)nn1C)NCC. The third-order valence-electron chi connectivity index (χ3n) is 3.07. The molecule has 1 aromatic rings. The molecule has 0 aliphatic heterocycles. The Balaban J connectivity index is 2.80. The summed E-state index contributed by atoms with van der Waals surface area (Å²) in [5.41, 5.74) is 2.47. The van der Waals surface area contributed by atoms with Crippen molar-refractivity contribution in [3.8, 4) is 0 Å². The van der Waals surface area contributed by atoms with Crippen LogP contribution in [-0.2, 0) is 19.9 Å². The summed E-state index contributed by atoms with van der Waals surface area (Å²) in [6.07, 6.45) is 4.46. The summed E-state index contributed by atoms with van der Waals surface area (Å²) in [7, 11) is 2.04. The predicted octanol–water partition coefficient (Wildman–Crippen LogP) is 3.07. The fourth-order valence-corrected chi connectivity index (χ4v) is 2.97. The number of likely N-dealkylation sites (N-methyl/N-ethyl adjacent to an activating group) is 1. The Morgan fingerprint density at radius 1 is 1.35 bits per heavy atom. The van der Waals surface area contributed by atoms with Gasteiger partial charge in [-0.25, -0.2) is 0 Å². The maximum Gasteiger partial charge on any atom is 0.0766 e. The van der Waals surface area contributed by atoms with Crippen LogP contribution < -0.4 is 5.32 Å². The number of rotatable bonds is 7. The van der Waals surface area contributed by atoms with Gasteiger partial charge in [0.1, 0.15) is 0 Å². The van der Waals surface area contributed by atoms with E-state index in [0.29, 0.717) is 6.04 Å². The summed E-state index contributed by atoms with van der Waals surface area (Å²) in [6, 6.07) is 0.557. The maximum absolute atomic E-state index is 4.54. The zero-order chi connectivity index (χ0) is 12.8. The maximum atomic E-state index is 4.54. The predicted molar refractivity (Wildman–Crippen MR) is 76.4 cm³/mol. The van der Waals surface area contributed by atoms with Crippen LogP contribution in [-0.4, -0.2) is 22.4 Å². The molecule has 0 spiro atoms. The van der Waals surface area contributed by atoms with E-state index in [0.717, 1.165) is 25.1 Å². The van der Waals surface area contributed by atoms with Crippen molar-refractivity contribution < 1.29 is 0 Å². The highest BCUT2D eigenvalue weighted by Crippen LogP contribution is 2.23. The van der Waals surface area contributed by atoms with E-state index in [2.05, 4.69) is 47.1 Å². The highest BCUT2D eigenvalue weighted by molar-refractivity contribution is 9.10.